The predicted octanol–water partition coefficient (Wildman–Crippen LogP) is 4.07. The van der Waals surface area contributed by atoms with Gasteiger partial charge in [0.05, 0.1) is 0 Å². The monoisotopic (exact) mass is 416 g/mol. The summed E-state index contributed by atoms with van der Waals surface area (Å²) in [4.78, 5) is 27.0. The summed E-state index contributed by atoms with van der Waals surface area (Å²) in [5.74, 6) is -1.13. The quantitative estimate of drug-likeness (QED) is 0.292. The van der Waals surface area contributed by atoms with Gasteiger partial charge in [-0.2, -0.15) is 0 Å². The molecule has 3 aromatic rings. The van der Waals surface area contributed by atoms with E-state index in [0.717, 1.165) is 16.7 Å². The van der Waals surface area contributed by atoms with E-state index in [4.69, 9.17) is 5.21 Å². The van der Waals surface area contributed by atoms with Crippen molar-refractivity contribution >= 4 is 23.5 Å². The van der Waals surface area contributed by atoms with E-state index in [-0.39, 0.29) is 11.7 Å². The lowest BCUT2D eigenvalue weighted by atomic mass is 9.95. The van der Waals surface area contributed by atoms with Gasteiger partial charge in [0.1, 0.15) is 5.82 Å². The number of benzene rings is 3. The van der Waals surface area contributed by atoms with Crippen molar-refractivity contribution in [2.45, 2.75) is 13.0 Å². The second-order valence-electron chi connectivity index (χ2n) is 7.38. The van der Waals surface area contributed by atoms with Gasteiger partial charge in [0.2, 0.25) is 0 Å². The van der Waals surface area contributed by atoms with Crippen LogP contribution in [0.5, 0.6) is 0 Å². The van der Waals surface area contributed by atoms with Gasteiger partial charge in [-0.15, -0.1) is 0 Å². The van der Waals surface area contributed by atoms with Crippen molar-refractivity contribution in [2.24, 2.45) is 0 Å². The maximum Gasteiger partial charge on any atom is 0.274 e. The second-order valence-corrected chi connectivity index (χ2v) is 7.38. The largest absolute Gasteiger partial charge is 0.334 e. The van der Waals surface area contributed by atoms with Crippen LogP contribution >= 0.6 is 0 Å². The molecule has 0 radical (unpaired) electrons. The molecular weight excluding hydrogens is 395 g/mol. The number of amides is 2. The molecule has 0 atom stereocenters. The Morgan fingerprint density at radius 3 is 2.35 bits per heavy atom. The minimum atomic E-state index is -0.595. The van der Waals surface area contributed by atoms with E-state index in [1.54, 1.807) is 40.7 Å². The zero-order valence-corrected chi connectivity index (χ0v) is 16.7. The van der Waals surface area contributed by atoms with E-state index in [0.29, 0.717) is 36.2 Å². The van der Waals surface area contributed by atoms with Crippen LogP contribution in [0.3, 0.4) is 0 Å². The summed E-state index contributed by atoms with van der Waals surface area (Å²) in [5, 5.41) is 8.89. The number of nitrogens with one attached hydrogen (secondary N) is 1. The highest BCUT2D eigenvalue weighted by atomic mass is 19.1. The molecule has 2 N–H and O–H groups in total. The molecule has 0 fully saturated rings. The molecule has 0 aliphatic carbocycles. The molecule has 0 saturated carbocycles. The van der Waals surface area contributed by atoms with Crippen molar-refractivity contribution in [3.63, 3.8) is 0 Å². The lowest BCUT2D eigenvalue weighted by molar-refractivity contribution is -0.125. The Morgan fingerprint density at radius 1 is 0.935 bits per heavy atom. The van der Waals surface area contributed by atoms with Gasteiger partial charge in [-0.3, -0.25) is 14.8 Å². The lowest BCUT2D eigenvalue weighted by Crippen LogP contribution is -2.36. The molecule has 156 valence electrons. The van der Waals surface area contributed by atoms with Crippen LogP contribution in [0.2, 0.25) is 0 Å². The lowest BCUT2D eigenvalue weighted by Gasteiger charge is -2.30. The van der Waals surface area contributed by atoms with Crippen LogP contribution < -0.4 is 5.48 Å². The normalized spacial score (nSPS) is 13.5. The molecule has 4 rings (SSSR count). The van der Waals surface area contributed by atoms with Crippen LogP contribution in [0.15, 0.2) is 72.8 Å². The highest BCUT2D eigenvalue weighted by Gasteiger charge is 2.25. The molecule has 0 spiro atoms. The first kappa shape index (κ1) is 20.5. The average molecular weight is 416 g/mol. The number of nitrogens with zero attached hydrogens (tertiary/aromatic N) is 1. The van der Waals surface area contributed by atoms with Gasteiger partial charge in [0.15, 0.2) is 0 Å². The first-order valence-corrected chi connectivity index (χ1v) is 9.93. The van der Waals surface area contributed by atoms with Crippen LogP contribution in [-0.4, -0.2) is 28.5 Å². The summed E-state index contributed by atoms with van der Waals surface area (Å²) in [6, 6.07) is 20.6. The van der Waals surface area contributed by atoms with Crippen molar-refractivity contribution in [3.8, 4) is 0 Å². The van der Waals surface area contributed by atoms with Crippen molar-refractivity contribution in [2.75, 3.05) is 6.54 Å². The maximum atomic E-state index is 13.5. The Morgan fingerprint density at radius 2 is 1.65 bits per heavy atom. The number of halogens is 1. The number of fused-ring (bicyclic) bond motifs is 1. The van der Waals surface area contributed by atoms with Gasteiger partial charge < -0.3 is 4.90 Å². The number of hydroxylamine groups is 1. The summed E-state index contributed by atoms with van der Waals surface area (Å²) in [7, 11) is 0. The number of carbonyl (C=O) groups is 2. The van der Waals surface area contributed by atoms with E-state index >= 15 is 0 Å². The first-order valence-electron chi connectivity index (χ1n) is 9.93. The van der Waals surface area contributed by atoms with E-state index in [2.05, 4.69) is 0 Å². The molecular formula is C25H21FN2O3. The van der Waals surface area contributed by atoms with Crippen molar-refractivity contribution in [1.29, 1.82) is 0 Å². The third-order valence-electron chi connectivity index (χ3n) is 5.37. The van der Waals surface area contributed by atoms with Crippen LogP contribution in [0.25, 0.3) is 11.6 Å². The number of carbonyl (C=O) groups excluding carboxylic acids is 2. The summed E-state index contributed by atoms with van der Waals surface area (Å²) >= 11 is 0. The molecule has 1 aliphatic heterocycles. The standard InChI is InChI=1S/C25H21FN2O3/c26-22-10-8-19(9-11-22)23(14-17-4-2-1-3-5-17)25(30)28-13-12-18-6-7-20(24(29)27-31)15-21(18)16-28/h1-11,14-15,31H,12-13,16H2,(H,27,29). The van der Waals surface area contributed by atoms with Crippen molar-refractivity contribution in [1.82, 2.24) is 10.4 Å². The Hall–Kier alpha value is -3.77. The maximum absolute atomic E-state index is 13.5. The third kappa shape index (κ3) is 4.54. The van der Waals surface area contributed by atoms with Crippen LogP contribution in [0, 0.1) is 5.82 Å². The highest BCUT2D eigenvalue weighted by Crippen LogP contribution is 2.26. The summed E-state index contributed by atoms with van der Waals surface area (Å²) in [6.07, 6.45) is 2.46. The van der Waals surface area contributed by atoms with E-state index < -0.39 is 5.91 Å². The Kier molecular flexibility index (Phi) is 5.91. The Bertz CT molecular complexity index is 1140. The van der Waals surface area contributed by atoms with E-state index in [1.807, 2.05) is 36.4 Å². The van der Waals surface area contributed by atoms with Gasteiger partial charge >= 0.3 is 0 Å². The van der Waals surface area contributed by atoms with Crippen molar-refractivity contribution < 1.29 is 19.2 Å². The molecule has 1 aliphatic rings. The minimum absolute atomic E-state index is 0.168. The molecule has 0 saturated heterocycles. The topological polar surface area (TPSA) is 69.6 Å². The molecule has 0 unspecified atom stereocenters. The Labute approximate surface area is 179 Å². The summed E-state index contributed by atoms with van der Waals surface area (Å²) in [6.45, 7) is 0.874. The van der Waals surface area contributed by atoms with Crippen LogP contribution in [0.4, 0.5) is 4.39 Å². The first-order chi connectivity index (χ1) is 15.0. The third-order valence-corrected chi connectivity index (χ3v) is 5.37. The van der Waals surface area contributed by atoms with Gasteiger partial charge in [-0.05, 0) is 59.0 Å². The summed E-state index contributed by atoms with van der Waals surface area (Å²) in [5.41, 5.74) is 5.86. The number of rotatable bonds is 4. The Balaban J connectivity index is 1.67. The summed E-state index contributed by atoms with van der Waals surface area (Å²) < 4.78 is 13.5. The van der Waals surface area contributed by atoms with E-state index in [9.17, 15) is 14.0 Å². The molecule has 5 nitrogen and oxygen atoms in total. The van der Waals surface area contributed by atoms with Crippen LogP contribution in [0.1, 0.15) is 32.6 Å². The zero-order valence-electron chi connectivity index (χ0n) is 16.7. The van der Waals surface area contributed by atoms with Gasteiger partial charge in [0.25, 0.3) is 11.8 Å². The minimum Gasteiger partial charge on any atom is -0.334 e. The zero-order chi connectivity index (χ0) is 21.8. The second kappa shape index (κ2) is 8.93. The smallest absolute Gasteiger partial charge is 0.274 e. The van der Waals surface area contributed by atoms with E-state index in [1.165, 1.54) is 12.1 Å². The molecule has 2 amide bonds. The van der Waals surface area contributed by atoms with Crippen LogP contribution in [-0.2, 0) is 17.8 Å². The van der Waals surface area contributed by atoms with Gasteiger partial charge in [-0.25, -0.2) is 9.87 Å². The average Bonchev–Trinajstić information content (AvgIpc) is 2.82. The molecule has 0 bridgehead atoms. The van der Waals surface area contributed by atoms with Gasteiger partial charge in [0, 0.05) is 24.2 Å². The fraction of sp³-hybridized carbons (Fsp3) is 0.120. The number of hydrogen-bond acceptors (Lipinski definition) is 3. The molecule has 31 heavy (non-hydrogen) atoms. The molecule has 3 aromatic carbocycles. The molecule has 6 heteroatoms. The fourth-order valence-corrected chi connectivity index (χ4v) is 3.72. The van der Waals surface area contributed by atoms with Crippen molar-refractivity contribution in [3.05, 3.63) is 106 Å². The molecule has 1 heterocycles. The molecule has 0 aromatic heterocycles. The number of hydrogen-bond donors (Lipinski definition) is 2. The van der Waals surface area contributed by atoms with Gasteiger partial charge in [-0.1, -0.05) is 48.5 Å². The fourth-order valence-electron chi connectivity index (χ4n) is 3.72. The predicted molar refractivity (Wildman–Crippen MR) is 116 cm³/mol. The SMILES string of the molecule is O=C(NO)c1ccc2c(c1)CN(C(=O)C(=Cc1ccccc1)c1ccc(F)cc1)CC2. The highest BCUT2D eigenvalue weighted by molar-refractivity contribution is 6.24.